The Bertz CT molecular complexity index is 837. The molecule has 3 aromatic rings. The number of halogens is 1. The van der Waals surface area contributed by atoms with Gasteiger partial charge in [-0.05, 0) is 36.8 Å². The van der Waals surface area contributed by atoms with E-state index in [1.165, 1.54) is 6.07 Å². The normalized spacial score (nSPS) is 11.2. The summed E-state index contributed by atoms with van der Waals surface area (Å²) in [4.78, 5) is 11.7. The van der Waals surface area contributed by atoms with Gasteiger partial charge in [0, 0.05) is 22.0 Å². The Labute approximate surface area is 132 Å². The Morgan fingerprint density at radius 3 is 2.91 bits per heavy atom. The Morgan fingerprint density at radius 2 is 2.14 bits per heavy atom. The molecule has 0 aliphatic carbocycles. The monoisotopic (exact) mass is 318 g/mol. The topological polar surface area (TPSA) is 60.0 Å². The molecular weight excluding hydrogens is 302 g/mol. The van der Waals surface area contributed by atoms with E-state index < -0.39 is 0 Å². The Kier molecular flexibility index (Phi) is 4.32. The molecule has 0 aliphatic rings. The van der Waals surface area contributed by atoms with Crippen molar-refractivity contribution < 1.29 is 14.2 Å². The summed E-state index contributed by atoms with van der Waals surface area (Å²) in [6.45, 7) is 3.47. The SMILES string of the molecule is Cc1cc2oc(=O)cc(C[NH2+]CCc3ccco3)c2cc1Cl. The second-order valence-electron chi connectivity index (χ2n) is 5.30. The smallest absolute Gasteiger partial charge is 0.336 e. The van der Waals surface area contributed by atoms with Crippen molar-refractivity contribution in [2.45, 2.75) is 19.9 Å². The first-order valence-electron chi connectivity index (χ1n) is 7.20. The van der Waals surface area contributed by atoms with Crippen LogP contribution in [0.5, 0.6) is 0 Å². The van der Waals surface area contributed by atoms with Crippen molar-refractivity contribution in [3.8, 4) is 0 Å². The molecule has 2 N–H and O–H groups in total. The fourth-order valence-electron chi connectivity index (χ4n) is 2.47. The zero-order valence-electron chi connectivity index (χ0n) is 12.3. The minimum Gasteiger partial charge on any atom is -0.469 e. The summed E-state index contributed by atoms with van der Waals surface area (Å²) in [5.74, 6) is 0.965. The predicted molar refractivity (Wildman–Crippen MR) is 85.1 cm³/mol. The maximum atomic E-state index is 11.7. The van der Waals surface area contributed by atoms with Gasteiger partial charge in [-0.3, -0.25) is 0 Å². The van der Waals surface area contributed by atoms with Gasteiger partial charge < -0.3 is 14.2 Å². The van der Waals surface area contributed by atoms with Gasteiger partial charge in [-0.25, -0.2) is 4.79 Å². The van der Waals surface area contributed by atoms with Crippen LogP contribution in [0, 0.1) is 6.92 Å². The van der Waals surface area contributed by atoms with Crippen molar-refractivity contribution >= 4 is 22.6 Å². The Hall–Kier alpha value is -2.04. The van der Waals surface area contributed by atoms with E-state index in [-0.39, 0.29) is 5.63 Å². The van der Waals surface area contributed by atoms with E-state index >= 15 is 0 Å². The Morgan fingerprint density at radius 1 is 1.27 bits per heavy atom. The molecule has 1 aromatic carbocycles. The highest BCUT2D eigenvalue weighted by atomic mass is 35.5. The van der Waals surface area contributed by atoms with Crippen LogP contribution in [-0.4, -0.2) is 6.54 Å². The molecule has 114 valence electrons. The van der Waals surface area contributed by atoms with Gasteiger partial charge in [-0.2, -0.15) is 0 Å². The number of fused-ring (bicyclic) bond motifs is 1. The molecule has 3 rings (SSSR count). The lowest BCUT2D eigenvalue weighted by atomic mass is 10.1. The lowest BCUT2D eigenvalue weighted by Gasteiger charge is -2.06. The highest BCUT2D eigenvalue weighted by Gasteiger charge is 2.10. The summed E-state index contributed by atoms with van der Waals surface area (Å²) in [5, 5.41) is 3.72. The molecule has 2 heterocycles. The number of aryl methyl sites for hydroxylation is 1. The maximum absolute atomic E-state index is 11.7. The first-order chi connectivity index (χ1) is 10.6. The van der Waals surface area contributed by atoms with Crippen LogP contribution in [0.4, 0.5) is 0 Å². The summed E-state index contributed by atoms with van der Waals surface area (Å²) >= 11 is 6.19. The molecule has 2 aromatic heterocycles. The first kappa shape index (κ1) is 14.9. The minimum atomic E-state index is -0.330. The summed E-state index contributed by atoms with van der Waals surface area (Å²) in [7, 11) is 0. The number of hydrogen-bond donors (Lipinski definition) is 1. The van der Waals surface area contributed by atoms with Crippen LogP contribution in [0.2, 0.25) is 5.02 Å². The molecule has 0 atom stereocenters. The summed E-state index contributed by atoms with van der Waals surface area (Å²) < 4.78 is 10.6. The summed E-state index contributed by atoms with van der Waals surface area (Å²) in [5.41, 5.74) is 2.09. The lowest BCUT2D eigenvalue weighted by Crippen LogP contribution is -2.83. The van der Waals surface area contributed by atoms with Crippen LogP contribution in [0.15, 0.2) is 50.2 Å². The summed E-state index contributed by atoms with van der Waals surface area (Å²) in [6, 6.07) is 9.06. The van der Waals surface area contributed by atoms with Crippen LogP contribution in [0.25, 0.3) is 11.0 Å². The number of furan rings is 1. The second kappa shape index (κ2) is 6.38. The van der Waals surface area contributed by atoms with Gasteiger partial charge in [-0.1, -0.05) is 11.6 Å². The number of benzene rings is 1. The average Bonchev–Trinajstić information content (AvgIpc) is 2.98. The number of nitrogens with two attached hydrogens (primary N) is 1. The molecule has 0 unspecified atom stereocenters. The Balaban J connectivity index is 1.77. The highest BCUT2D eigenvalue weighted by Crippen LogP contribution is 2.24. The van der Waals surface area contributed by atoms with Crippen LogP contribution in [0.1, 0.15) is 16.9 Å². The van der Waals surface area contributed by atoms with Crippen molar-refractivity contribution in [2.75, 3.05) is 6.54 Å². The van der Waals surface area contributed by atoms with Gasteiger partial charge in [0.2, 0.25) is 0 Å². The molecule has 0 saturated heterocycles. The molecule has 0 amide bonds. The van der Waals surface area contributed by atoms with Gasteiger partial charge in [0.25, 0.3) is 0 Å². The fraction of sp³-hybridized carbons (Fsp3) is 0.235. The molecule has 22 heavy (non-hydrogen) atoms. The lowest BCUT2D eigenvalue weighted by molar-refractivity contribution is -0.670. The third-order valence-electron chi connectivity index (χ3n) is 3.65. The van der Waals surface area contributed by atoms with Crippen molar-refractivity contribution in [1.29, 1.82) is 0 Å². The molecule has 0 aliphatic heterocycles. The van der Waals surface area contributed by atoms with Gasteiger partial charge in [-0.15, -0.1) is 0 Å². The standard InChI is InChI=1S/C17H16ClNO3/c1-11-7-16-14(9-15(11)18)12(8-17(20)22-16)10-19-5-4-13-3-2-6-21-13/h2-3,6-9,19H,4-5,10H2,1H3/p+1. The molecule has 0 bridgehead atoms. The van der Waals surface area contributed by atoms with Crippen LogP contribution in [0.3, 0.4) is 0 Å². The van der Waals surface area contributed by atoms with Crippen molar-refractivity contribution in [1.82, 2.24) is 0 Å². The molecule has 0 saturated carbocycles. The van der Waals surface area contributed by atoms with E-state index in [0.717, 1.165) is 35.2 Å². The highest BCUT2D eigenvalue weighted by molar-refractivity contribution is 6.32. The van der Waals surface area contributed by atoms with E-state index in [9.17, 15) is 4.79 Å². The number of quaternary nitrogens is 1. The van der Waals surface area contributed by atoms with E-state index in [2.05, 4.69) is 5.32 Å². The van der Waals surface area contributed by atoms with Gasteiger partial charge in [0.1, 0.15) is 17.9 Å². The van der Waals surface area contributed by atoms with Crippen LogP contribution >= 0.6 is 11.6 Å². The minimum absolute atomic E-state index is 0.330. The molecule has 4 nitrogen and oxygen atoms in total. The third-order valence-corrected chi connectivity index (χ3v) is 4.06. The summed E-state index contributed by atoms with van der Waals surface area (Å²) in [6.07, 6.45) is 2.53. The second-order valence-corrected chi connectivity index (χ2v) is 5.71. The zero-order chi connectivity index (χ0) is 15.5. The van der Waals surface area contributed by atoms with E-state index in [1.54, 1.807) is 6.26 Å². The quantitative estimate of drug-likeness (QED) is 0.581. The molecular formula is C17H17ClNO3+. The van der Waals surface area contributed by atoms with Gasteiger partial charge in [0.15, 0.2) is 0 Å². The van der Waals surface area contributed by atoms with Crippen molar-refractivity contribution in [2.24, 2.45) is 0 Å². The molecule has 0 fully saturated rings. The van der Waals surface area contributed by atoms with Crippen LogP contribution < -0.4 is 10.9 Å². The molecule has 0 radical (unpaired) electrons. The van der Waals surface area contributed by atoms with E-state index in [4.69, 9.17) is 20.4 Å². The molecule has 0 spiro atoms. The predicted octanol–water partition coefficient (Wildman–Crippen LogP) is 2.65. The van der Waals surface area contributed by atoms with Crippen molar-refractivity contribution in [3.05, 3.63) is 68.9 Å². The number of hydrogen-bond acceptors (Lipinski definition) is 3. The first-order valence-corrected chi connectivity index (χ1v) is 7.58. The van der Waals surface area contributed by atoms with E-state index in [0.29, 0.717) is 17.2 Å². The van der Waals surface area contributed by atoms with Gasteiger partial charge in [0.05, 0.1) is 19.2 Å². The van der Waals surface area contributed by atoms with Crippen LogP contribution in [-0.2, 0) is 13.0 Å². The zero-order valence-corrected chi connectivity index (χ0v) is 13.0. The van der Waals surface area contributed by atoms with Crippen molar-refractivity contribution in [3.63, 3.8) is 0 Å². The largest absolute Gasteiger partial charge is 0.469 e. The van der Waals surface area contributed by atoms with Gasteiger partial charge >= 0.3 is 5.63 Å². The maximum Gasteiger partial charge on any atom is 0.336 e. The molecule has 5 heteroatoms. The number of rotatable bonds is 5. The fourth-order valence-corrected chi connectivity index (χ4v) is 2.64. The third kappa shape index (κ3) is 3.24. The van der Waals surface area contributed by atoms with E-state index in [1.807, 2.05) is 31.2 Å². The average molecular weight is 319 g/mol.